The van der Waals surface area contributed by atoms with Crippen molar-refractivity contribution in [3.63, 3.8) is 0 Å². The van der Waals surface area contributed by atoms with Crippen LogP contribution in [0.3, 0.4) is 0 Å². The molecular weight excluding hydrogens is 104 g/mol. The average Bonchev–Trinajstić information content (AvgIpc) is 1.84. The molecule has 1 N–H and O–H groups in total. The molecule has 1 saturated heterocycles. The fourth-order valence-electron chi connectivity index (χ4n) is 0.364. The Labute approximate surface area is 39.4 Å². The summed E-state index contributed by atoms with van der Waals surface area (Å²) in [6.07, 6.45) is 0. The predicted molar refractivity (Wildman–Crippen MR) is 18.9 cm³/mol. The highest BCUT2D eigenvalue weighted by Gasteiger charge is 2.34. The molecule has 0 atom stereocenters. The molecule has 0 aliphatic carbocycles. The van der Waals surface area contributed by atoms with Crippen molar-refractivity contribution < 1.29 is 13.6 Å². The minimum atomic E-state index is -2.64. The summed E-state index contributed by atoms with van der Waals surface area (Å²) in [6, 6.07) is 0. The van der Waals surface area contributed by atoms with E-state index in [-0.39, 0.29) is 6.54 Å². The van der Waals surface area contributed by atoms with E-state index in [9.17, 15) is 8.78 Å². The fourth-order valence-corrected chi connectivity index (χ4v) is 0.364. The second-order valence-electron chi connectivity index (χ2n) is 1.47. The van der Waals surface area contributed by atoms with E-state index < -0.39 is 12.5 Å². The zero-order valence-electron chi connectivity index (χ0n) is 3.58. The molecule has 1 fully saturated rings. The lowest BCUT2D eigenvalue weighted by Crippen LogP contribution is -2.21. The molecule has 1 heterocycles. The van der Waals surface area contributed by atoms with Gasteiger partial charge in [0, 0.05) is 0 Å². The maximum absolute atomic E-state index is 11.8. The summed E-state index contributed by atoms with van der Waals surface area (Å²) in [7, 11) is 0. The van der Waals surface area contributed by atoms with E-state index in [0.717, 1.165) is 0 Å². The molecule has 1 aliphatic rings. The summed E-state index contributed by atoms with van der Waals surface area (Å²) in [5, 5.41) is 0. The number of alkyl halides is 2. The molecule has 0 bridgehead atoms. The van der Waals surface area contributed by atoms with Crippen LogP contribution in [0.25, 0.3) is 0 Å². The second kappa shape index (κ2) is 1.38. The summed E-state index contributed by atoms with van der Waals surface area (Å²) in [5.74, 6) is -2.64. The van der Waals surface area contributed by atoms with E-state index in [2.05, 4.69) is 10.3 Å². The van der Waals surface area contributed by atoms with Crippen LogP contribution in [0.1, 0.15) is 0 Å². The van der Waals surface area contributed by atoms with Gasteiger partial charge >= 0.3 is 0 Å². The highest BCUT2D eigenvalue weighted by molar-refractivity contribution is 4.69. The zero-order chi connectivity index (χ0) is 5.33. The molecule has 0 radical (unpaired) electrons. The van der Waals surface area contributed by atoms with Crippen molar-refractivity contribution in [2.45, 2.75) is 5.92 Å². The van der Waals surface area contributed by atoms with Gasteiger partial charge in [-0.25, -0.2) is 8.78 Å². The lowest BCUT2D eigenvalue weighted by molar-refractivity contribution is -0.00607. The van der Waals surface area contributed by atoms with Crippen molar-refractivity contribution in [1.29, 1.82) is 0 Å². The molecule has 42 valence electrons. The van der Waals surface area contributed by atoms with Gasteiger partial charge < -0.3 is 0 Å². The molecule has 4 heteroatoms. The quantitative estimate of drug-likeness (QED) is 0.478. The Morgan fingerprint density at radius 1 is 1.57 bits per heavy atom. The van der Waals surface area contributed by atoms with Gasteiger partial charge in [0.2, 0.25) is 0 Å². The van der Waals surface area contributed by atoms with Crippen molar-refractivity contribution in [1.82, 2.24) is 5.48 Å². The van der Waals surface area contributed by atoms with Crippen LogP contribution >= 0.6 is 0 Å². The Morgan fingerprint density at radius 3 is 2.43 bits per heavy atom. The Bertz CT molecular complexity index is 67.3. The van der Waals surface area contributed by atoms with Crippen LogP contribution in [0.2, 0.25) is 0 Å². The maximum Gasteiger partial charge on any atom is 0.287 e. The number of rotatable bonds is 0. The highest BCUT2D eigenvalue weighted by Crippen LogP contribution is 2.15. The normalized spacial score (nSPS) is 28.3. The SMILES string of the molecule is FC1(F)CNOC1. The lowest BCUT2D eigenvalue weighted by Gasteiger charge is -1.99. The maximum atomic E-state index is 11.8. The van der Waals surface area contributed by atoms with Gasteiger partial charge in [0.25, 0.3) is 5.92 Å². The first-order valence-electron chi connectivity index (χ1n) is 1.93. The second-order valence-corrected chi connectivity index (χ2v) is 1.47. The molecule has 0 aromatic carbocycles. The topological polar surface area (TPSA) is 21.3 Å². The number of hydroxylamine groups is 1. The number of hydrogen-bond donors (Lipinski definition) is 1. The fraction of sp³-hybridized carbons (Fsp3) is 1.00. The van der Waals surface area contributed by atoms with Crippen molar-refractivity contribution in [2.24, 2.45) is 0 Å². The van der Waals surface area contributed by atoms with Gasteiger partial charge in [-0.05, 0) is 0 Å². The van der Waals surface area contributed by atoms with Crippen LogP contribution in [0.4, 0.5) is 8.78 Å². The molecule has 7 heavy (non-hydrogen) atoms. The van der Waals surface area contributed by atoms with Crippen molar-refractivity contribution in [3.8, 4) is 0 Å². The van der Waals surface area contributed by atoms with E-state index in [1.165, 1.54) is 0 Å². The molecule has 2 nitrogen and oxygen atoms in total. The van der Waals surface area contributed by atoms with E-state index >= 15 is 0 Å². The van der Waals surface area contributed by atoms with Gasteiger partial charge in [-0.2, -0.15) is 5.48 Å². The Kier molecular flexibility index (Phi) is 0.972. The molecular formula is C3H5F2NO. The number of halogens is 2. The third-order valence-electron chi connectivity index (χ3n) is 0.716. The molecule has 1 aliphatic heterocycles. The van der Waals surface area contributed by atoms with Crippen LogP contribution in [0.5, 0.6) is 0 Å². The summed E-state index contributed by atoms with van der Waals surface area (Å²) >= 11 is 0. The largest absolute Gasteiger partial charge is 0.295 e. The Balaban J connectivity index is 2.40. The predicted octanol–water partition coefficient (Wildman–Crippen LogP) is 0.156. The Morgan fingerprint density at radius 2 is 2.29 bits per heavy atom. The summed E-state index contributed by atoms with van der Waals surface area (Å²) in [4.78, 5) is 4.16. The van der Waals surface area contributed by atoms with Crippen molar-refractivity contribution in [3.05, 3.63) is 0 Å². The van der Waals surface area contributed by atoms with E-state index in [1.54, 1.807) is 0 Å². The summed E-state index contributed by atoms with van der Waals surface area (Å²) < 4.78 is 23.5. The van der Waals surface area contributed by atoms with Gasteiger partial charge in [-0.3, -0.25) is 4.84 Å². The van der Waals surface area contributed by atoms with Gasteiger partial charge in [-0.15, -0.1) is 0 Å². The molecule has 1 rings (SSSR count). The standard InChI is InChI=1S/C3H5F2NO/c4-3(5)1-6-7-2-3/h6H,1-2H2. The number of nitrogens with one attached hydrogen (secondary N) is 1. The van der Waals surface area contributed by atoms with Gasteiger partial charge in [-0.1, -0.05) is 0 Å². The van der Waals surface area contributed by atoms with Gasteiger partial charge in [0.15, 0.2) is 0 Å². The van der Waals surface area contributed by atoms with Crippen molar-refractivity contribution >= 4 is 0 Å². The minimum absolute atomic E-state index is 0.354. The van der Waals surface area contributed by atoms with Crippen molar-refractivity contribution in [2.75, 3.05) is 13.2 Å². The summed E-state index contributed by atoms with van der Waals surface area (Å²) in [6.45, 7) is -0.847. The average molecular weight is 109 g/mol. The first-order valence-corrected chi connectivity index (χ1v) is 1.93. The van der Waals surface area contributed by atoms with Crippen LogP contribution in [-0.4, -0.2) is 19.1 Å². The lowest BCUT2D eigenvalue weighted by atomic mass is 10.4. The third kappa shape index (κ3) is 1.07. The molecule has 0 aromatic heterocycles. The van der Waals surface area contributed by atoms with Gasteiger partial charge in [0.1, 0.15) is 6.61 Å². The van der Waals surface area contributed by atoms with Crippen LogP contribution in [-0.2, 0) is 4.84 Å². The number of hydrogen-bond acceptors (Lipinski definition) is 2. The van der Waals surface area contributed by atoms with E-state index in [1.807, 2.05) is 0 Å². The van der Waals surface area contributed by atoms with E-state index in [0.29, 0.717) is 0 Å². The van der Waals surface area contributed by atoms with Gasteiger partial charge in [0.05, 0.1) is 6.54 Å². The minimum Gasteiger partial charge on any atom is -0.295 e. The molecule has 0 unspecified atom stereocenters. The van der Waals surface area contributed by atoms with Crippen LogP contribution < -0.4 is 5.48 Å². The molecule has 0 aromatic rings. The summed E-state index contributed by atoms with van der Waals surface area (Å²) in [5.41, 5.74) is 2.06. The molecule has 0 spiro atoms. The zero-order valence-corrected chi connectivity index (χ0v) is 3.58. The Hall–Kier alpha value is -0.220. The van der Waals surface area contributed by atoms with Crippen LogP contribution in [0.15, 0.2) is 0 Å². The first kappa shape index (κ1) is 4.93. The monoisotopic (exact) mass is 109 g/mol. The highest BCUT2D eigenvalue weighted by atomic mass is 19.3. The smallest absolute Gasteiger partial charge is 0.287 e. The first-order chi connectivity index (χ1) is 3.21. The van der Waals surface area contributed by atoms with Crippen LogP contribution in [0, 0.1) is 0 Å². The molecule has 0 saturated carbocycles. The third-order valence-corrected chi connectivity index (χ3v) is 0.716. The molecule has 0 amide bonds. The van der Waals surface area contributed by atoms with E-state index in [4.69, 9.17) is 0 Å².